The Balaban J connectivity index is 1.55. The molecular formula is C23H31N3O. The van der Waals surface area contributed by atoms with Gasteiger partial charge in [-0.1, -0.05) is 24.8 Å². The van der Waals surface area contributed by atoms with Gasteiger partial charge in [0, 0.05) is 38.4 Å². The number of anilines is 1. The molecule has 1 saturated heterocycles. The normalized spacial score (nSPS) is 14.6. The van der Waals surface area contributed by atoms with E-state index in [0.29, 0.717) is 0 Å². The number of hydrogen-bond acceptors (Lipinski definition) is 4. The van der Waals surface area contributed by atoms with Crippen molar-refractivity contribution >= 4 is 5.69 Å². The third-order valence-electron chi connectivity index (χ3n) is 5.36. The number of aryl methyl sites for hydroxylation is 2. The Labute approximate surface area is 163 Å². The van der Waals surface area contributed by atoms with Gasteiger partial charge in [-0.25, -0.2) is 0 Å². The van der Waals surface area contributed by atoms with Crippen LogP contribution in [0, 0.1) is 13.8 Å². The molecule has 2 aromatic carbocycles. The van der Waals surface area contributed by atoms with Crippen LogP contribution in [0.5, 0.6) is 5.75 Å². The van der Waals surface area contributed by atoms with Gasteiger partial charge in [0.15, 0.2) is 0 Å². The Morgan fingerprint density at radius 1 is 1.04 bits per heavy atom. The second kappa shape index (κ2) is 8.85. The summed E-state index contributed by atoms with van der Waals surface area (Å²) in [5, 5.41) is 3.48. The molecule has 0 radical (unpaired) electrons. The quantitative estimate of drug-likeness (QED) is 0.835. The molecule has 0 aromatic heterocycles. The molecule has 1 aliphatic rings. The predicted octanol–water partition coefficient (Wildman–Crippen LogP) is 4.09. The maximum atomic E-state index is 5.30. The molecule has 0 atom stereocenters. The van der Waals surface area contributed by atoms with Crippen molar-refractivity contribution in [2.45, 2.75) is 26.8 Å². The zero-order valence-corrected chi connectivity index (χ0v) is 16.8. The van der Waals surface area contributed by atoms with Gasteiger partial charge in [0.1, 0.15) is 5.75 Å². The zero-order valence-electron chi connectivity index (χ0n) is 16.8. The smallest absolute Gasteiger partial charge is 0.119 e. The van der Waals surface area contributed by atoms with Crippen LogP contribution in [0.1, 0.15) is 23.1 Å². The summed E-state index contributed by atoms with van der Waals surface area (Å²) in [6.07, 6.45) is 1.13. The minimum absolute atomic E-state index is 0.757. The van der Waals surface area contributed by atoms with Crippen molar-refractivity contribution in [3.63, 3.8) is 0 Å². The monoisotopic (exact) mass is 365 g/mol. The largest absolute Gasteiger partial charge is 0.497 e. The molecule has 1 fully saturated rings. The standard InChI is InChI=1S/C23H31N3O/c1-18-9-10-22(15-19(18)2)26-12-6-11-25(13-14-26)20(3)24-17-21-7-5-8-23(16-21)27-4/h5,7-10,15-16,24H,3,6,11-14,17H2,1-2,4H3. The van der Waals surface area contributed by atoms with E-state index in [4.69, 9.17) is 4.74 Å². The van der Waals surface area contributed by atoms with Crippen molar-refractivity contribution in [2.24, 2.45) is 0 Å². The molecule has 1 aliphatic heterocycles. The van der Waals surface area contributed by atoms with Gasteiger partial charge in [0.25, 0.3) is 0 Å². The highest BCUT2D eigenvalue weighted by molar-refractivity contribution is 5.50. The van der Waals surface area contributed by atoms with Crippen molar-refractivity contribution in [3.8, 4) is 5.75 Å². The van der Waals surface area contributed by atoms with E-state index >= 15 is 0 Å². The second-order valence-corrected chi connectivity index (χ2v) is 7.25. The average Bonchev–Trinajstić information content (AvgIpc) is 2.95. The molecule has 4 heteroatoms. The number of rotatable bonds is 6. The minimum atomic E-state index is 0.757. The molecule has 1 N–H and O–H groups in total. The Bertz CT molecular complexity index is 787. The highest BCUT2D eigenvalue weighted by atomic mass is 16.5. The van der Waals surface area contributed by atoms with Crippen LogP contribution in [0.3, 0.4) is 0 Å². The first-order valence-corrected chi connectivity index (χ1v) is 9.69. The summed E-state index contributed by atoms with van der Waals surface area (Å²) in [5.74, 6) is 1.89. The van der Waals surface area contributed by atoms with E-state index in [2.05, 4.69) is 65.9 Å². The van der Waals surface area contributed by atoms with Crippen LogP contribution < -0.4 is 15.0 Å². The first kappa shape index (κ1) is 19.2. The molecule has 0 unspecified atom stereocenters. The van der Waals surface area contributed by atoms with Gasteiger partial charge in [-0.05, 0) is 61.2 Å². The summed E-state index contributed by atoms with van der Waals surface area (Å²) >= 11 is 0. The summed E-state index contributed by atoms with van der Waals surface area (Å²) < 4.78 is 5.30. The fraction of sp³-hybridized carbons (Fsp3) is 0.391. The van der Waals surface area contributed by atoms with Crippen LogP contribution in [0.25, 0.3) is 0 Å². The van der Waals surface area contributed by atoms with Gasteiger partial charge < -0.3 is 19.9 Å². The third-order valence-corrected chi connectivity index (χ3v) is 5.36. The number of benzene rings is 2. The van der Waals surface area contributed by atoms with Gasteiger partial charge in [-0.3, -0.25) is 0 Å². The first-order chi connectivity index (χ1) is 13.1. The lowest BCUT2D eigenvalue weighted by atomic mass is 10.1. The first-order valence-electron chi connectivity index (χ1n) is 9.69. The molecule has 27 heavy (non-hydrogen) atoms. The van der Waals surface area contributed by atoms with Crippen LogP contribution in [-0.2, 0) is 6.54 Å². The van der Waals surface area contributed by atoms with Gasteiger partial charge in [0.2, 0.25) is 0 Å². The van der Waals surface area contributed by atoms with Crippen LogP contribution in [0.15, 0.2) is 54.9 Å². The Morgan fingerprint density at radius 2 is 1.89 bits per heavy atom. The Kier molecular flexibility index (Phi) is 6.28. The van der Waals surface area contributed by atoms with Crippen LogP contribution in [0.2, 0.25) is 0 Å². The van der Waals surface area contributed by atoms with E-state index in [1.807, 2.05) is 12.1 Å². The number of nitrogens with zero attached hydrogens (tertiary/aromatic N) is 2. The van der Waals surface area contributed by atoms with E-state index in [1.165, 1.54) is 22.4 Å². The average molecular weight is 366 g/mol. The zero-order chi connectivity index (χ0) is 19.2. The molecule has 0 aliphatic carbocycles. The van der Waals surface area contributed by atoms with Gasteiger partial charge in [-0.15, -0.1) is 0 Å². The Hall–Kier alpha value is -2.62. The van der Waals surface area contributed by atoms with Crippen molar-refractivity contribution in [3.05, 3.63) is 71.6 Å². The third kappa shape index (κ3) is 4.97. The maximum absolute atomic E-state index is 5.30. The van der Waals surface area contributed by atoms with Crippen molar-refractivity contribution in [2.75, 3.05) is 38.2 Å². The molecule has 0 bridgehead atoms. The number of methoxy groups -OCH3 is 1. The number of ether oxygens (including phenoxy) is 1. The topological polar surface area (TPSA) is 27.7 Å². The molecule has 4 nitrogen and oxygen atoms in total. The van der Waals surface area contributed by atoms with E-state index < -0.39 is 0 Å². The summed E-state index contributed by atoms with van der Waals surface area (Å²) in [4.78, 5) is 4.85. The summed E-state index contributed by atoms with van der Waals surface area (Å²) in [6, 6.07) is 14.9. The maximum Gasteiger partial charge on any atom is 0.119 e. The molecule has 0 spiro atoms. The molecule has 0 saturated carbocycles. The highest BCUT2D eigenvalue weighted by Crippen LogP contribution is 2.21. The lowest BCUT2D eigenvalue weighted by Gasteiger charge is -2.27. The minimum Gasteiger partial charge on any atom is -0.497 e. The van der Waals surface area contributed by atoms with Crippen LogP contribution in [0.4, 0.5) is 5.69 Å². The molecule has 1 heterocycles. The fourth-order valence-corrected chi connectivity index (χ4v) is 3.47. The second-order valence-electron chi connectivity index (χ2n) is 7.25. The van der Waals surface area contributed by atoms with Gasteiger partial charge in [-0.2, -0.15) is 0 Å². The van der Waals surface area contributed by atoms with E-state index in [1.54, 1.807) is 7.11 Å². The molecular weight excluding hydrogens is 334 g/mol. The molecule has 3 rings (SSSR count). The van der Waals surface area contributed by atoms with E-state index in [9.17, 15) is 0 Å². The lowest BCUT2D eigenvalue weighted by Crippen LogP contribution is -2.34. The lowest BCUT2D eigenvalue weighted by molar-refractivity contribution is 0.341. The van der Waals surface area contributed by atoms with E-state index in [0.717, 1.165) is 50.7 Å². The van der Waals surface area contributed by atoms with E-state index in [-0.39, 0.29) is 0 Å². The predicted molar refractivity (Wildman–Crippen MR) is 113 cm³/mol. The van der Waals surface area contributed by atoms with Gasteiger partial charge >= 0.3 is 0 Å². The molecule has 0 amide bonds. The number of nitrogens with one attached hydrogen (secondary N) is 1. The number of hydrogen-bond donors (Lipinski definition) is 1. The SMILES string of the molecule is C=C(NCc1cccc(OC)c1)N1CCCN(c2ccc(C)c(C)c2)CC1. The summed E-state index contributed by atoms with van der Waals surface area (Å²) in [7, 11) is 1.70. The van der Waals surface area contributed by atoms with Crippen molar-refractivity contribution < 1.29 is 4.74 Å². The Morgan fingerprint density at radius 3 is 2.67 bits per heavy atom. The summed E-state index contributed by atoms with van der Waals surface area (Å²) in [6.45, 7) is 13.5. The highest BCUT2D eigenvalue weighted by Gasteiger charge is 2.16. The molecule has 144 valence electrons. The van der Waals surface area contributed by atoms with Crippen LogP contribution in [-0.4, -0.2) is 38.2 Å². The fourth-order valence-electron chi connectivity index (χ4n) is 3.47. The van der Waals surface area contributed by atoms with Gasteiger partial charge in [0.05, 0.1) is 12.9 Å². The molecule has 2 aromatic rings. The van der Waals surface area contributed by atoms with Crippen molar-refractivity contribution in [1.29, 1.82) is 0 Å². The van der Waals surface area contributed by atoms with Crippen LogP contribution >= 0.6 is 0 Å². The van der Waals surface area contributed by atoms with Crippen molar-refractivity contribution in [1.82, 2.24) is 10.2 Å². The summed E-state index contributed by atoms with van der Waals surface area (Å²) in [5.41, 5.74) is 5.24.